The van der Waals surface area contributed by atoms with Crippen molar-refractivity contribution >= 4 is 28.5 Å². The zero-order chi connectivity index (χ0) is 13.5. The van der Waals surface area contributed by atoms with Crippen LogP contribution in [0.25, 0.3) is 0 Å². The van der Waals surface area contributed by atoms with Crippen molar-refractivity contribution in [2.75, 3.05) is 18.4 Å². The van der Waals surface area contributed by atoms with Crippen LogP contribution in [0.1, 0.15) is 19.3 Å². The fourth-order valence-electron chi connectivity index (χ4n) is 2.89. The van der Waals surface area contributed by atoms with E-state index in [0.29, 0.717) is 18.2 Å². The van der Waals surface area contributed by atoms with Gasteiger partial charge in [0.05, 0.1) is 0 Å². The minimum Gasteiger partial charge on any atom is -0.465 e. The van der Waals surface area contributed by atoms with E-state index < -0.39 is 6.09 Å². The molecule has 1 aromatic rings. The Kier molecular flexibility index (Phi) is 2.93. The molecule has 0 radical (unpaired) electrons. The van der Waals surface area contributed by atoms with Crippen molar-refractivity contribution in [1.82, 2.24) is 9.88 Å². The van der Waals surface area contributed by atoms with E-state index in [-0.39, 0.29) is 17.2 Å². The number of hydrogen-bond acceptors (Lipinski definition) is 4. The maximum absolute atomic E-state index is 12.1. The third-order valence-corrected chi connectivity index (χ3v) is 4.89. The summed E-state index contributed by atoms with van der Waals surface area (Å²) in [6.07, 6.45) is 3.25. The third-order valence-electron chi connectivity index (χ3n) is 4.20. The molecule has 0 unspecified atom stereocenters. The average Bonchev–Trinajstić information content (AvgIpc) is 2.84. The Morgan fingerprint density at radius 2 is 2.21 bits per heavy atom. The van der Waals surface area contributed by atoms with Crippen molar-refractivity contribution in [3.63, 3.8) is 0 Å². The standard InChI is InChI=1S/C12H15N3O3S/c16-9(14-10-13-3-6-19-10)8-7-12(8)1-4-15(5-2-12)11(17)18/h3,6,8H,1-2,4-5,7H2,(H,17,18)(H,13,14,16)/t8-/m1/s1. The van der Waals surface area contributed by atoms with Crippen LogP contribution in [0, 0.1) is 11.3 Å². The van der Waals surface area contributed by atoms with E-state index >= 15 is 0 Å². The average molecular weight is 281 g/mol. The van der Waals surface area contributed by atoms with E-state index in [9.17, 15) is 9.59 Å². The van der Waals surface area contributed by atoms with E-state index in [4.69, 9.17) is 5.11 Å². The van der Waals surface area contributed by atoms with E-state index in [2.05, 4.69) is 10.3 Å². The molecule has 3 rings (SSSR count). The minimum absolute atomic E-state index is 0.0207. The molecule has 2 fully saturated rings. The zero-order valence-electron chi connectivity index (χ0n) is 10.3. The van der Waals surface area contributed by atoms with Gasteiger partial charge in [-0.15, -0.1) is 11.3 Å². The van der Waals surface area contributed by atoms with Crippen molar-refractivity contribution in [2.45, 2.75) is 19.3 Å². The van der Waals surface area contributed by atoms with Crippen LogP contribution in [0.15, 0.2) is 11.6 Å². The molecule has 102 valence electrons. The van der Waals surface area contributed by atoms with Crippen molar-refractivity contribution in [2.24, 2.45) is 11.3 Å². The predicted molar refractivity (Wildman–Crippen MR) is 70.1 cm³/mol. The lowest BCUT2D eigenvalue weighted by Crippen LogP contribution is -2.39. The number of nitrogens with zero attached hydrogens (tertiary/aromatic N) is 2. The van der Waals surface area contributed by atoms with Gasteiger partial charge in [-0.2, -0.15) is 0 Å². The molecular weight excluding hydrogens is 266 g/mol. The first kappa shape index (κ1) is 12.4. The fraction of sp³-hybridized carbons (Fsp3) is 0.583. The lowest BCUT2D eigenvalue weighted by Gasteiger charge is -2.30. The number of aromatic nitrogens is 1. The zero-order valence-corrected chi connectivity index (χ0v) is 11.2. The summed E-state index contributed by atoms with van der Waals surface area (Å²) in [4.78, 5) is 28.4. The summed E-state index contributed by atoms with van der Waals surface area (Å²) in [6, 6.07) is 0. The van der Waals surface area contributed by atoms with Crippen LogP contribution in [-0.4, -0.2) is 40.1 Å². The second-order valence-corrected chi connectivity index (χ2v) is 6.11. The molecule has 1 aliphatic heterocycles. The topological polar surface area (TPSA) is 82.5 Å². The number of piperidine rings is 1. The SMILES string of the molecule is O=C(Nc1nccs1)[C@H]1CC12CCN(C(=O)O)CC2. The van der Waals surface area contributed by atoms with Gasteiger partial charge >= 0.3 is 6.09 Å². The predicted octanol–water partition coefficient (Wildman–Crippen LogP) is 1.86. The number of carbonyl (C=O) groups is 2. The summed E-state index contributed by atoms with van der Waals surface area (Å²) in [5.41, 5.74) is 0.0350. The van der Waals surface area contributed by atoms with Crippen LogP contribution >= 0.6 is 11.3 Å². The van der Waals surface area contributed by atoms with Gasteiger partial charge in [0.1, 0.15) is 0 Å². The molecule has 2 amide bonds. The highest BCUT2D eigenvalue weighted by Crippen LogP contribution is 2.59. The van der Waals surface area contributed by atoms with Gasteiger partial charge in [-0.05, 0) is 24.7 Å². The third kappa shape index (κ3) is 2.30. The Hall–Kier alpha value is -1.63. The normalized spacial score (nSPS) is 24.2. The number of rotatable bonds is 2. The smallest absolute Gasteiger partial charge is 0.407 e. The second-order valence-electron chi connectivity index (χ2n) is 5.22. The maximum atomic E-state index is 12.1. The van der Waals surface area contributed by atoms with Gasteiger partial charge < -0.3 is 15.3 Å². The largest absolute Gasteiger partial charge is 0.465 e. The number of amides is 2. The van der Waals surface area contributed by atoms with Gasteiger partial charge in [-0.25, -0.2) is 9.78 Å². The van der Waals surface area contributed by atoms with Crippen molar-refractivity contribution in [1.29, 1.82) is 0 Å². The summed E-state index contributed by atoms with van der Waals surface area (Å²) in [6.45, 7) is 1.08. The molecule has 2 N–H and O–H groups in total. The molecule has 0 aromatic carbocycles. The molecule has 1 aliphatic carbocycles. The molecule has 2 aliphatic rings. The van der Waals surface area contributed by atoms with E-state index in [1.165, 1.54) is 16.2 Å². The molecule has 19 heavy (non-hydrogen) atoms. The summed E-state index contributed by atoms with van der Waals surface area (Å²) >= 11 is 1.41. The van der Waals surface area contributed by atoms with Crippen molar-refractivity contribution in [3.8, 4) is 0 Å². The Morgan fingerprint density at radius 1 is 1.47 bits per heavy atom. The highest BCUT2D eigenvalue weighted by Gasteiger charge is 2.58. The summed E-state index contributed by atoms with van der Waals surface area (Å²) in [5, 5.41) is 14.2. The summed E-state index contributed by atoms with van der Waals surface area (Å²) in [5.74, 6) is 0.0473. The number of thiazole rings is 1. The monoisotopic (exact) mass is 281 g/mol. The first-order chi connectivity index (χ1) is 9.11. The second kappa shape index (κ2) is 4.48. The van der Waals surface area contributed by atoms with Crippen molar-refractivity contribution in [3.05, 3.63) is 11.6 Å². The van der Waals surface area contributed by atoms with Gasteiger partial charge in [0, 0.05) is 30.6 Å². The van der Waals surface area contributed by atoms with Gasteiger partial charge in [0.15, 0.2) is 5.13 Å². The number of likely N-dealkylation sites (tertiary alicyclic amines) is 1. The first-order valence-electron chi connectivity index (χ1n) is 6.29. The lowest BCUT2D eigenvalue weighted by molar-refractivity contribution is -0.118. The molecule has 2 heterocycles. The number of anilines is 1. The van der Waals surface area contributed by atoms with Gasteiger partial charge in [0.25, 0.3) is 0 Å². The quantitative estimate of drug-likeness (QED) is 0.866. The van der Waals surface area contributed by atoms with Crippen LogP contribution in [0.5, 0.6) is 0 Å². The van der Waals surface area contributed by atoms with Crippen LogP contribution < -0.4 is 5.32 Å². The van der Waals surface area contributed by atoms with Crippen LogP contribution in [0.2, 0.25) is 0 Å². The highest BCUT2D eigenvalue weighted by atomic mass is 32.1. The first-order valence-corrected chi connectivity index (χ1v) is 7.17. The fourth-order valence-corrected chi connectivity index (χ4v) is 3.42. The van der Waals surface area contributed by atoms with Crippen molar-refractivity contribution < 1.29 is 14.7 Å². The number of carboxylic acid groups (broad SMARTS) is 1. The molecule has 1 saturated carbocycles. The molecule has 1 aromatic heterocycles. The maximum Gasteiger partial charge on any atom is 0.407 e. The molecular formula is C12H15N3O3S. The van der Waals surface area contributed by atoms with E-state index in [0.717, 1.165) is 19.3 Å². The number of nitrogens with one attached hydrogen (secondary N) is 1. The highest BCUT2D eigenvalue weighted by molar-refractivity contribution is 7.13. The Morgan fingerprint density at radius 3 is 2.79 bits per heavy atom. The molecule has 6 nitrogen and oxygen atoms in total. The molecule has 1 atom stereocenters. The van der Waals surface area contributed by atoms with E-state index in [1.807, 2.05) is 5.38 Å². The Labute approximate surface area is 114 Å². The van der Waals surface area contributed by atoms with Gasteiger partial charge in [-0.3, -0.25) is 4.79 Å². The van der Waals surface area contributed by atoms with Crippen LogP contribution in [0.3, 0.4) is 0 Å². The van der Waals surface area contributed by atoms with Crippen LogP contribution in [0.4, 0.5) is 9.93 Å². The summed E-state index contributed by atoms with van der Waals surface area (Å²) < 4.78 is 0. The van der Waals surface area contributed by atoms with E-state index in [1.54, 1.807) is 6.20 Å². The van der Waals surface area contributed by atoms with Crippen LogP contribution in [-0.2, 0) is 4.79 Å². The Bertz CT molecular complexity index is 494. The molecule has 7 heteroatoms. The Balaban J connectivity index is 1.56. The summed E-state index contributed by atoms with van der Waals surface area (Å²) in [7, 11) is 0. The minimum atomic E-state index is -0.862. The molecule has 0 bridgehead atoms. The van der Waals surface area contributed by atoms with Gasteiger partial charge in [0.2, 0.25) is 5.91 Å². The molecule has 1 saturated heterocycles. The number of hydrogen-bond donors (Lipinski definition) is 2. The number of carbonyl (C=O) groups excluding carboxylic acids is 1. The molecule has 1 spiro atoms. The lowest BCUT2D eigenvalue weighted by atomic mass is 9.91. The van der Waals surface area contributed by atoms with Gasteiger partial charge in [-0.1, -0.05) is 0 Å².